The van der Waals surface area contributed by atoms with Crippen LogP contribution in [-0.4, -0.2) is 55.9 Å². The van der Waals surface area contributed by atoms with Crippen LogP contribution in [-0.2, 0) is 4.74 Å². The van der Waals surface area contributed by atoms with Crippen LogP contribution < -0.4 is 10.6 Å². The number of hydrogen-bond acceptors (Lipinski definition) is 8. The second-order valence-corrected chi connectivity index (χ2v) is 8.56. The number of ether oxygens (including phenoxy) is 1. The lowest BCUT2D eigenvalue weighted by Crippen LogP contribution is -2.47. The van der Waals surface area contributed by atoms with Crippen molar-refractivity contribution in [3.05, 3.63) is 36.8 Å². The minimum atomic E-state index is 0.393. The molecule has 2 fully saturated rings. The molecule has 4 aromatic rings. The summed E-state index contributed by atoms with van der Waals surface area (Å²) >= 11 is 0. The first-order valence-corrected chi connectivity index (χ1v) is 10.7. The maximum absolute atomic E-state index is 5.44. The molecule has 6 rings (SSSR count). The molecule has 9 heteroatoms. The summed E-state index contributed by atoms with van der Waals surface area (Å²) in [6.07, 6.45) is 9.93. The number of nitrogens with zero attached hydrogens (tertiary/aromatic N) is 6. The van der Waals surface area contributed by atoms with Gasteiger partial charge >= 0.3 is 0 Å². The van der Waals surface area contributed by atoms with E-state index in [4.69, 9.17) is 19.8 Å². The summed E-state index contributed by atoms with van der Waals surface area (Å²) in [7, 11) is 1.88. The highest BCUT2D eigenvalue weighted by molar-refractivity contribution is 5.89. The average Bonchev–Trinajstić information content (AvgIpc) is 3.22. The number of anilines is 2. The number of rotatable bonds is 4. The van der Waals surface area contributed by atoms with Gasteiger partial charge < -0.3 is 15.4 Å². The molecule has 1 spiro atoms. The Morgan fingerprint density at radius 2 is 1.90 bits per heavy atom. The van der Waals surface area contributed by atoms with Crippen molar-refractivity contribution in [3.8, 4) is 11.3 Å². The van der Waals surface area contributed by atoms with Crippen LogP contribution in [0.2, 0.25) is 0 Å². The highest BCUT2D eigenvalue weighted by atomic mass is 16.5. The Hall–Kier alpha value is -3.33. The Morgan fingerprint density at radius 3 is 2.68 bits per heavy atom. The fraction of sp³-hybridized carbons (Fsp3) is 0.409. The van der Waals surface area contributed by atoms with Gasteiger partial charge in [0.25, 0.3) is 0 Å². The first-order chi connectivity index (χ1) is 15.2. The molecule has 0 bridgehead atoms. The predicted molar refractivity (Wildman–Crippen MR) is 118 cm³/mol. The molecule has 1 aliphatic heterocycles. The summed E-state index contributed by atoms with van der Waals surface area (Å²) in [4.78, 5) is 18.1. The average molecular weight is 416 g/mol. The van der Waals surface area contributed by atoms with Gasteiger partial charge in [0, 0.05) is 42.7 Å². The summed E-state index contributed by atoms with van der Waals surface area (Å²) in [5.41, 5.74) is 4.49. The van der Waals surface area contributed by atoms with Gasteiger partial charge in [-0.2, -0.15) is 4.98 Å². The quantitative estimate of drug-likeness (QED) is 0.523. The van der Waals surface area contributed by atoms with Gasteiger partial charge in [-0.1, -0.05) is 0 Å². The van der Waals surface area contributed by atoms with Crippen molar-refractivity contribution < 1.29 is 4.74 Å². The Bertz CT molecular complexity index is 1260. The van der Waals surface area contributed by atoms with Gasteiger partial charge in [-0.05, 0) is 43.9 Å². The molecule has 0 aromatic carbocycles. The van der Waals surface area contributed by atoms with Crippen molar-refractivity contribution in [1.82, 2.24) is 29.5 Å². The maximum atomic E-state index is 5.44. The van der Waals surface area contributed by atoms with E-state index in [9.17, 15) is 0 Å². The first-order valence-electron chi connectivity index (χ1n) is 10.7. The first kappa shape index (κ1) is 18.4. The van der Waals surface area contributed by atoms with E-state index in [0.717, 1.165) is 54.2 Å². The smallest absolute Gasteiger partial charge is 0.243 e. The van der Waals surface area contributed by atoms with Crippen molar-refractivity contribution in [3.63, 3.8) is 0 Å². The van der Waals surface area contributed by atoms with Crippen molar-refractivity contribution in [1.29, 1.82) is 0 Å². The lowest BCUT2D eigenvalue weighted by atomic mass is 9.71. The van der Waals surface area contributed by atoms with Gasteiger partial charge in [0.1, 0.15) is 11.0 Å². The zero-order chi connectivity index (χ0) is 20.8. The van der Waals surface area contributed by atoms with Gasteiger partial charge in [-0.3, -0.25) is 4.98 Å². The Kier molecular flexibility index (Phi) is 4.24. The van der Waals surface area contributed by atoms with E-state index in [1.807, 2.05) is 36.0 Å². The lowest BCUT2D eigenvalue weighted by molar-refractivity contribution is -0.131. The molecule has 4 aromatic heterocycles. The molecule has 1 aliphatic carbocycles. The van der Waals surface area contributed by atoms with Crippen LogP contribution in [0.1, 0.15) is 25.7 Å². The third-order valence-electron chi connectivity index (χ3n) is 6.55. The molecule has 0 atom stereocenters. The van der Waals surface area contributed by atoms with E-state index in [1.165, 1.54) is 12.8 Å². The minimum Gasteiger partial charge on any atom is -0.380 e. The van der Waals surface area contributed by atoms with Crippen LogP contribution in [0.5, 0.6) is 0 Å². The van der Waals surface area contributed by atoms with Crippen molar-refractivity contribution in [2.45, 2.75) is 31.7 Å². The van der Waals surface area contributed by atoms with E-state index >= 15 is 0 Å². The second-order valence-electron chi connectivity index (χ2n) is 8.56. The normalized spacial score (nSPS) is 18.4. The highest BCUT2D eigenvalue weighted by Crippen LogP contribution is 2.42. The maximum Gasteiger partial charge on any atom is 0.243 e. The van der Waals surface area contributed by atoms with Gasteiger partial charge in [0.15, 0.2) is 11.5 Å². The van der Waals surface area contributed by atoms with Crippen molar-refractivity contribution in [2.24, 2.45) is 5.41 Å². The van der Waals surface area contributed by atoms with Crippen molar-refractivity contribution in [2.75, 3.05) is 30.9 Å². The number of nitrogens with one attached hydrogen (secondary N) is 2. The molecule has 31 heavy (non-hydrogen) atoms. The Labute approximate surface area is 179 Å². The molecule has 1 saturated heterocycles. The summed E-state index contributed by atoms with van der Waals surface area (Å²) < 4.78 is 7.31. The van der Waals surface area contributed by atoms with E-state index in [0.29, 0.717) is 23.1 Å². The molecule has 0 radical (unpaired) electrons. The standard InChI is InChI=1S/C22H24N8O/c1-23-20-18-15(16-2-3-17-19(27-16)25-10-9-24-17)6-11-30(18)29-21(28-20)26-14-4-7-22(8-5-14)12-31-13-22/h2-3,6,9-11,14H,4-5,7-8,12-13H2,1H3,(H2,23,26,28,29). The van der Waals surface area contributed by atoms with Gasteiger partial charge in [0.05, 0.1) is 18.9 Å². The highest BCUT2D eigenvalue weighted by Gasteiger charge is 2.41. The number of fused-ring (bicyclic) bond motifs is 2. The van der Waals surface area contributed by atoms with Crippen LogP contribution in [0.15, 0.2) is 36.8 Å². The molecule has 158 valence electrons. The zero-order valence-corrected chi connectivity index (χ0v) is 17.4. The SMILES string of the molecule is CNc1nc(NC2CCC3(CC2)COC3)nn2ccc(-c3ccc4nccnc4n3)c12. The molecule has 2 N–H and O–H groups in total. The topological polar surface area (TPSA) is 102 Å². The van der Waals surface area contributed by atoms with Gasteiger partial charge in [0.2, 0.25) is 5.95 Å². The lowest BCUT2D eigenvalue weighted by Gasteiger charge is -2.46. The van der Waals surface area contributed by atoms with Crippen LogP contribution in [0, 0.1) is 5.41 Å². The molecular weight excluding hydrogens is 392 g/mol. The Morgan fingerprint density at radius 1 is 1.06 bits per heavy atom. The van der Waals surface area contributed by atoms with Crippen LogP contribution in [0.4, 0.5) is 11.8 Å². The second kappa shape index (κ2) is 7.12. The van der Waals surface area contributed by atoms with Crippen LogP contribution in [0.3, 0.4) is 0 Å². The third kappa shape index (κ3) is 3.16. The van der Waals surface area contributed by atoms with E-state index in [-0.39, 0.29) is 0 Å². The minimum absolute atomic E-state index is 0.393. The monoisotopic (exact) mass is 416 g/mol. The zero-order valence-electron chi connectivity index (χ0n) is 17.4. The molecule has 0 unspecified atom stereocenters. The molecule has 9 nitrogen and oxygen atoms in total. The predicted octanol–water partition coefficient (Wildman–Crippen LogP) is 3.15. The molecule has 1 saturated carbocycles. The van der Waals surface area contributed by atoms with Gasteiger partial charge in [-0.25, -0.2) is 14.5 Å². The molecule has 5 heterocycles. The van der Waals surface area contributed by atoms with E-state index in [1.54, 1.807) is 12.4 Å². The number of aromatic nitrogens is 6. The van der Waals surface area contributed by atoms with Crippen LogP contribution >= 0.6 is 0 Å². The largest absolute Gasteiger partial charge is 0.380 e. The molecule has 0 amide bonds. The van der Waals surface area contributed by atoms with E-state index < -0.39 is 0 Å². The Balaban J connectivity index is 1.31. The summed E-state index contributed by atoms with van der Waals surface area (Å²) in [6, 6.07) is 6.30. The van der Waals surface area contributed by atoms with E-state index in [2.05, 4.69) is 20.6 Å². The molecule has 2 aliphatic rings. The fourth-order valence-corrected chi connectivity index (χ4v) is 4.71. The summed E-state index contributed by atoms with van der Waals surface area (Å²) in [6.45, 7) is 1.85. The molecular formula is C22H24N8O. The number of pyridine rings is 1. The fourth-order valence-electron chi connectivity index (χ4n) is 4.71. The van der Waals surface area contributed by atoms with Crippen molar-refractivity contribution >= 4 is 28.4 Å². The summed E-state index contributed by atoms with van der Waals surface area (Å²) in [5.74, 6) is 1.40. The van der Waals surface area contributed by atoms with Gasteiger partial charge in [-0.15, -0.1) is 5.10 Å². The summed E-state index contributed by atoms with van der Waals surface area (Å²) in [5, 5.41) is 11.5. The third-order valence-corrected chi connectivity index (χ3v) is 6.55. The van der Waals surface area contributed by atoms with Crippen LogP contribution in [0.25, 0.3) is 27.9 Å². The number of hydrogen-bond donors (Lipinski definition) is 2.